The summed E-state index contributed by atoms with van der Waals surface area (Å²) in [6.07, 6.45) is 0.864. The Kier molecular flexibility index (Phi) is 6.66. The van der Waals surface area contributed by atoms with Gasteiger partial charge in [-0.25, -0.2) is 8.42 Å². The van der Waals surface area contributed by atoms with Crippen molar-refractivity contribution in [3.05, 3.63) is 35.0 Å². The van der Waals surface area contributed by atoms with E-state index in [4.69, 9.17) is 11.1 Å². The molecule has 2 saturated heterocycles. The maximum atomic E-state index is 12.9. The van der Waals surface area contributed by atoms with Crippen LogP contribution < -0.4 is 5.84 Å². The molecular weight excluding hydrogens is 398 g/mol. The molecule has 2 aliphatic rings. The first-order valence-corrected chi connectivity index (χ1v) is 12.0. The van der Waals surface area contributed by atoms with Gasteiger partial charge in [0.25, 0.3) is 0 Å². The van der Waals surface area contributed by atoms with Crippen LogP contribution in [0, 0.1) is 23.5 Å². The van der Waals surface area contributed by atoms with Crippen LogP contribution in [0.1, 0.15) is 18.4 Å². The number of nitrogens with two attached hydrogens (primary N) is 1. The van der Waals surface area contributed by atoms with Gasteiger partial charge in [-0.1, -0.05) is 12.1 Å². The zero-order chi connectivity index (χ0) is 20.4. The summed E-state index contributed by atoms with van der Waals surface area (Å²) >= 11 is 1.68. The molecule has 154 valence electrons. The lowest BCUT2D eigenvalue weighted by Gasteiger charge is -2.47. The Morgan fingerprint density at radius 2 is 2.11 bits per heavy atom. The lowest BCUT2D eigenvalue weighted by molar-refractivity contribution is -0.918. The van der Waals surface area contributed by atoms with Gasteiger partial charge in [-0.15, -0.1) is 11.8 Å². The molecular formula is C18H27N5O3S2. The monoisotopic (exact) mass is 425 g/mol. The van der Waals surface area contributed by atoms with E-state index in [0.717, 1.165) is 17.2 Å². The fourth-order valence-electron chi connectivity index (χ4n) is 3.73. The first-order chi connectivity index (χ1) is 13.2. The summed E-state index contributed by atoms with van der Waals surface area (Å²) in [5, 5.41) is 22.1. The minimum Gasteiger partial charge on any atom is -0.611 e. The lowest BCUT2D eigenvalue weighted by atomic mass is 10.1. The number of hydroxylamine groups is 2. The minimum atomic E-state index is -3.55. The molecule has 2 heterocycles. The van der Waals surface area contributed by atoms with Crippen molar-refractivity contribution in [3.8, 4) is 6.07 Å². The summed E-state index contributed by atoms with van der Waals surface area (Å²) in [4.78, 5) is 2.27. The largest absolute Gasteiger partial charge is 0.611 e. The predicted octanol–water partition coefficient (Wildman–Crippen LogP) is 1.23. The number of sulfonamides is 1. The number of nitriles is 1. The van der Waals surface area contributed by atoms with E-state index >= 15 is 0 Å². The van der Waals surface area contributed by atoms with Gasteiger partial charge in [-0.3, -0.25) is 9.66 Å². The van der Waals surface area contributed by atoms with E-state index in [0.29, 0.717) is 32.5 Å². The van der Waals surface area contributed by atoms with Gasteiger partial charge in [0.15, 0.2) is 0 Å². The molecule has 1 aromatic rings. The van der Waals surface area contributed by atoms with Gasteiger partial charge in [-0.05, 0) is 24.6 Å². The van der Waals surface area contributed by atoms with Gasteiger partial charge in [-0.2, -0.15) is 15.4 Å². The maximum Gasteiger partial charge on any atom is 0.243 e. The van der Waals surface area contributed by atoms with Crippen LogP contribution in [0.2, 0.25) is 0 Å². The van der Waals surface area contributed by atoms with E-state index in [1.165, 1.54) is 4.31 Å². The first-order valence-electron chi connectivity index (χ1n) is 9.39. The highest BCUT2D eigenvalue weighted by Crippen LogP contribution is 2.26. The number of rotatable bonds is 6. The van der Waals surface area contributed by atoms with Crippen LogP contribution in [-0.4, -0.2) is 72.3 Å². The van der Waals surface area contributed by atoms with Gasteiger partial charge in [0.1, 0.15) is 18.6 Å². The molecule has 0 amide bonds. The molecule has 3 rings (SSSR count). The van der Waals surface area contributed by atoms with Crippen LogP contribution in [0.5, 0.6) is 0 Å². The average molecular weight is 426 g/mol. The van der Waals surface area contributed by atoms with Crippen molar-refractivity contribution >= 4 is 21.8 Å². The summed E-state index contributed by atoms with van der Waals surface area (Å²) in [7, 11) is -3.55. The number of aryl methyl sites for hydroxylation is 1. The molecule has 28 heavy (non-hydrogen) atoms. The van der Waals surface area contributed by atoms with Crippen molar-refractivity contribution in [2.45, 2.75) is 36.7 Å². The number of benzene rings is 1. The Labute approximate surface area is 171 Å². The van der Waals surface area contributed by atoms with E-state index in [9.17, 15) is 13.6 Å². The topological polar surface area (TPSA) is 113 Å². The van der Waals surface area contributed by atoms with Gasteiger partial charge >= 0.3 is 0 Å². The molecule has 0 saturated carbocycles. The lowest BCUT2D eigenvalue weighted by Crippen LogP contribution is -2.62. The van der Waals surface area contributed by atoms with Crippen LogP contribution >= 0.6 is 11.8 Å². The molecule has 0 radical (unpaired) electrons. The summed E-state index contributed by atoms with van der Waals surface area (Å²) in [5.74, 6) is 7.54. The Balaban J connectivity index is 1.57. The van der Waals surface area contributed by atoms with E-state index in [1.54, 1.807) is 30.0 Å². The second-order valence-corrected chi connectivity index (χ2v) is 10.4. The normalized spacial score (nSPS) is 24.7. The third-order valence-electron chi connectivity index (χ3n) is 5.53. The van der Waals surface area contributed by atoms with Crippen molar-refractivity contribution in [2.24, 2.45) is 5.84 Å². The molecule has 0 aliphatic carbocycles. The average Bonchev–Trinajstić information content (AvgIpc) is 3.14. The first kappa shape index (κ1) is 21.5. The Bertz CT molecular complexity index is 832. The van der Waals surface area contributed by atoms with E-state index in [2.05, 4.69) is 6.07 Å². The summed E-state index contributed by atoms with van der Waals surface area (Å²) in [5.41, 5.74) is 0.893. The van der Waals surface area contributed by atoms with E-state index < -0.39 is 14.8 Å². The van der Waals surface area contributed by atoms with Crippen LogP contribution in [0.15, 0.2) is 29.2 Å². The van der Waals surface area contributed by atoms with Gasteiger partial charge in [0, 0.05) is 37.6 Å². The van der Waals surface area contributed by atoms with Crippen molar-refractivity contribution in [3.63, 3.8) is 0 Å². The quantitative estimate of drug-likeness (QED) is 0.414. The van der Waals surface area contributed by atoms with Crippen molar-refractivity contribution in [1.82, 2.24) is 9.21 Å². The third-order valence-corrected chi connectivity index (χ3v) is 8.49. The third kappa shape index (κ3) is 4.68. The molecule has 2 atom stereocenters. The molecule has 2 aliphatic heterocycles. The summed E-state index contributed by atoms with van der Waals surface area (Å²) in [6.45, 7) is 3.13. The molecule has 0 bridgehead atoms. The van der Waals surface area contributed by atoms with E-state index in [1.807, 2.05) is 17.9 Å². The fraction of sp³-hybridized carbons (Fsp3) is 0.611. The Morgan fingerprint density at radius 1 is 1.39 bits per heavy atom. The predicted molar refractivity (Wildman–Crippen MR) is 109 cm³/mol. The molecule has 10 heteroatoms. The van der Waals surface area contributed by atoms with Crippen LogP contribution in [-0.2, 0) is 10.0 Å². The molecule has 0 spiro atoms. The molecule has 2 N–H and O–H groups in total. The van der Waals surface area contributed by atoms with Crippen LogP contribution in [0.3, 0.4) is 0 Å². The number of quaternary nitrogens is 1. The summed E-state index contributed by atoms with van der Waals surface area (Å²) < 4.78 is 26.2. The molecule has 2 fully saturated rings. The Morgan fingerprint density at radius 3 is 2.75 bits per heavy atom. The van der Waals surface area contributed by atoms with Crippen molar-refractivity contribution in [1.29, 1.82) is 5.26 Å². The smallest absolute Gasteiger partial charge is 0.243 e. The SMILES string of the molecule is Cc1cccc(S(=O)(=O)N2CCC([N+](N)([O-])CCN3CSCC3C#N)CC2)c1. The van der Waals surface area contributed by atoms with Gasteiger partial charge < -0.3 is 5.21 Å². The highest BCUT2D eigenvalue weighted by molar-refractivity contribution is 7.99. The zero-order valence-electron chi connectivity index (χ0n) is 16.0. The number of nitrogens with zero attached hydrogens (tertiary/aromatic N) is 4. The number of hydrogen-bond acceptors (Lipinski definition) is 7. The summed E-state index contributed by atoms with van der Waals surface area (Å²) in [6, 6.07) is 8.62. The highest BCUT2D eigenvalue weighted by Gasteiger charge is 2.36. The number of piperidine rings is 1. The second kappa shape index (κ2) is 8.67. The minimum absolute atomic E-state index is 0.161. The second-order valence-electron chi connectivity index (χ2n) is 7.49. The molecule has 2 unspecified atom stereocenters. The van der Waals surface area contributed by atoms with Gasteiger partial charge in [0.2, 0.25) is 10.0 Å². The van der Waals surface area contributed by atoms with E-state index in [-0.39, 0.29) is 23.5 Å². The van der Waals surface area contributed by atoms with Crippen molar-refractivity contribution in [2.75, 3.05) is 37.8 Å². The highest BCUT2D eigenvalue weighted by atomic mass is 32.2. The van der Waals surface area contributed by atoms with Crippen molar-refractivity contribution < 1.29 is 13.2 Å². The zero-order valence-corrected chi connectivity index (χ0v) is 17.7. The fourth-order valence-corrected chi connectivity index (χ4v) is 6.46. The van der Waals surface area contributed by atoms with Crippen LogP contribution in [0.25, 0.3) is 0 Å². The van der Waals surface area contributed by atoms with Crippen LogP contribution in [0.4, 0.5) is 0 Å². The van der Waals surface area contributed by atoms with Gasteiger partial charge in [0.05, 0.1) is 17.5 Å². The molecule has 8 nitrogen and oxygen atoms in total. The maximum absolute atomic E-state index is 12.9. The molecule has 1 aromatic carbocycles. The number of thioether (sulfide) groups is 1. The Hall–Kier alpha value is -1.19. The molecule has 0 aromatic heterocycles. The number of hydrogen-bond donors (Lipinski definition) is 1. The standard InChI is InChI=1S/C18H27N5O3S2/c1-15-3-2-4-18(11-15)28(25,26)22-7-5-17(6-8-22)23(20,24)10-9-21-14-27-13-16(21)12-19/h2-4,11,16-17H,5-10,13-14,20H2,1H3.